The number of rotatable bonds is 5. The van der Waals surface area contributed by atoms with Gasteiger partial charge in [-0.15, -0.1) is 0 Å². The molecule has 17 heavy (non-hydrogen) atoms. The Labute approximate surface area is 103 Å². The van der Waals surface area contributed by atoms with Crippen LogP contribution in [0.3, 0.4) is 0 Å². The second-order valence-electron chi connectivity index (χ2n) is 4.46. The summed E-state index contributed by atoms with van der Waals surface area (Å²) in [6.45, 7) is 6.56. The molecule has 0 saturated carbocycles. The molecule has 2 aromatic rings. The highest BCUT2D eigenvalue weighted by Gasteiger charge is 2.08. The van der Waals surface area contributed by atoms with Crippen molar-refractivity contribution in [1.29, 1.82) is 0 Å². The molecule has 1 atom stereocenters. The third kappa shape index (κ3) is 2.83. The van der Waals surface area contributed by atoms with E-state index in [1.54, 1.807) is 0 Å². The minimum atomic E-state index is 0.571. The summed E-state index contributed by atoms with van der Waals surface area (Å²) in [5.74, 6) is 0.571. The van der Waals surface area contributed by atoms with E-state index >= 15 is 0 Å². The molecule has 0 bridgehead atoms. The van der Waals surface area contributed by atoms with Crippen LogP contribution in [-0.4, -0.2) is 18.1 Å². The summed E-state index contributed by atoms with van der Waals surface area (Å²) in [5, 5.41) is 4.67. The molecule has 0 amide bonds. The predicted molar refractivity (Wildman–Crippen MR) is 73.3 cm³/mol. The quantitative estimate of drug-likeness (QED) is 0.794. The van der Waals surface area contributed by atoms with Crippen molar-refractivity contribution in [1.82, 2.24) is 10.3 Å². The predicted octanol–water partition coefficient (Wildman–Crippen LogP) is 3.34. The third-order valence-electron chi connectivity index (χ3n) is 3.21. The van der Waals surface area contributed by atoms with Gasteiger partial charge in [-0.05, 0) is 43.1 Å². The summed E-state index contributed by atoms with van der Waals surface area (Å²) < 4.78 is 0. The molecule has 0 spiro atoms. The number of nitrogens with one attached hydrogen (secondary N) is 1. The lowest BCUT2D eigenvalue weighted by atomic mass is 9.94. The van der Waals surface area contributed by atoms with Gasteiger partial charge in [-0.2, -0.15) is 0 Å². The Balaban J connectivity index is 2.22. The van der Waals surface area contributed by atoms with Crippen LogP contribution < -0.4 is 5.32 Å². The minimum absolute atomic E-state index is 0.571. The van der Waals surface area contributed by atoms with E-state index in [-0.39, 0.29) is 0 Å². The van der Waals surface area contributed by atoms with Gasteiger partial charge in [0, 0.05) is 11.6 Å². The molecule has 2 nitrogen and oxygen atoms in total. The number of fused-ring (bicyclic) bond motifs is 1. The van der Waals surface area contributed by atoms with Gasteiger partial charge in [0.1, 0.15) is 0 Å². The second-order valence-corrected chi connectivity index (χ2v) is 4.46. The average Bonchev–Trinajstić information content (AvgIpc) is 2.38. The van der Waals surface area contributed by atoms with E-state index in [0.29, 0.717) is 5.92 Å². The zero-order chi connectivity index (χ0) is 12.1. The lowest BCUT2D eigenvalue weighted by Gasteiger charge is -2.14. The van der Waals surface area contributed by atoms with Crippen LogP contribution in [0.25, 0.3) is 10.9 Å². The molecule has 0 radical (unpaired) electrons. The first kappa shape index (κ1) is 12.1. The van der Waals surface area contributed by atoms with Gasteiger partial charge < -0.3 is 5.32 Å². The summed E-state index contributed by atoms with van der Waals surface area (Å²) in [5.41, 5.74) is 2.51. The Kier molecular flexibility index (Phi) is 4.10. The van der Waals surface area contributed by atoms with Crippen molar-refractivity contribution in [2.75, 3.05) is 13.1 Å². The van der Waals surface area contributed by atoms with Crippen molar-refractivity contribution >= 4 is 10.9 Å². The molecule has 2 heteroatoms. The molecule has 1 heterocycles. The molecule has 0 aliphatic carbocycles. The Hall–Kier alpha value is -1.41. The molecular weight excluding hydrogens is 208 g/mol. The van der Waals surface area contributed by atoms with Crippen molar-refractivity contribution in [3.05, 3.63) is 42.1 Å². The summed E-state index contributed by atoms with van der Waals surface area (Å²) in [7, 11) is 0. The number of benzene rings is 1. The largest absolute Gasteiger partial charge is 0.317 e. The van der Waals surface area contributed by atoms with Crippen LogP contribution in [0.15, 0.2) is 36.5 Å². The van der Waals surface area contributed by atoms with Crippen LogP contribution in [0.4, 0.5) is 0 Å². The van der Waals surface area contributed by atoms with E-state index in [9.17, 15) is 0 Å². The van der Waals surface area contributed by atoms with Crippen molar-refractivity contribution in [2.24, 2.45) is 0 Å². The van der Waals surface area contributed by atoms with Crippen LogP contribution in [-0.2, 0) is 0 Å². The molecule has 1 aromatic carbocycles. The highest BCUT2D eigenvalue weighted by molar-refractivity contribution is 5.82. The molecule has 0 aliphatic rings. The van der Waals surface area contributed by atoms with Crippen molar-refractivity contribution in [3.63, 3.8) is 0 Å². The monoisotopic (exact) mass is 228 g/mol. The first-order valence-electron chi connectivity index (χ1n) is 6.37. The van der Waals surface area contributed by atoms with Gasteiger partial charge in [-0.25, -0.2) is 0 Å². The van der Waals surface area contributed by atoms with E-state index in [1.165, 1.54) is 17.4 Å². The van der Waals surface area contributed by atoms with E-state index < -0.39 is 0 Å². The van der Waals surface area contributed by atoms with Gasteiger partial charge in [0.2, 0.25) is 0 Å². The van der Waals surface area contributed by atoms with Crippen LogP contribution in [0.2, 0.25) is 0 Å². The molecule has 2 rings (SSSR count). The number of nitrogens with zero attached hydrogens (tertiary/aromatic N) is 1. The van der Waals surface area contributed by atoms with Gasteiger partial charge in [0.25, 0.3) is 0 Å². The Morgan fingerprint density at radius 1 is 1.24 bits per heavy atom. The first-order valence-corrected chi connectivity index (χ1v) is 6.37. The SMILES string of the molecule is CCNCCC(C)c1cccc2ncccc12. The molecular formula is C15H20N2. The van der Waals surface area contributed by atoms with E-state index in [0.717, 1.165) is 18.6 Å². The summed E-state index contributed by atoms with van der Waals surface area (Å²) in [4.78, 5) is 4.41. The van der Waals surface area contributed by atoms with Gasteiger partial charge in [0.15, 0.2) is 0 Å². The number of hydrogen-bond acceptors (Lipinski definition) is 2. The van der Waals surface area contributed by atoms with Gasteiger partial charge in [-0.1, -0.05) is 32.0 Å². The molecule has 1 unspecified atom stereocenters. The van der Waals surface area contributed by atoms with Crippen molar-refractivity contribution in [3.8, 4) is 0 Å². The molecule has 0 aliphatic heterocycles. The van der Waals surface area contributed by atoms with Crippen LogP contribution in [0, 0.1) is 0 Å². The van der Waals surface area contributed by atoms with Crippen LogP contribution >= 0.6 is 0 Å². The Bertz CT molecular complexity index is 474. The molecule has 0 fully saturated rings. The lowest BCUT2D eigenvalue weighted by Crippen LogP contribution is -2.16. The topological polar surface area (TPSA) is 24.9 Å². The zero-order valence-corrected chi connectivity index (χ0v) is 10.6. The zero-order valence-electron chi connectivity index (χ0n) is 10.6. The number of aromatic nitrogens is 1. The Morgan fingerprint density at radius 2 is 2.12 bits per heavy atom. The van der Waals surface area contributed by atoms with E-state index in [2.05, 4.69) is 48.4 Å². The standard InChI is InChI=1S/C15H20N2/c1-3-16-11-9-12(2)13-6-4-8-15-14(13)7-5-10-17-15/h4-8,10,12,16H,3,9,11H2,1-2H3. The maximum Gasteiger partial charge on any atom is 0.0704 e. The van der Waals surface area contributed by atoms with Crippen molar-refractivity contribution in [2.45, 2.75) is 26.2 Å². The van der Waals surface area contributed by atoms with E-state index in [1.807, 2.05) is 12.3 Å². The molecule has 1 N–H and O–H groups in total. The van der Waals surface area contributed by atoms with Crippen LogP contribution in [0.1, 0.15) is 31.7 Å². The summed E-state index contributed by atoms with van der Waals surface area (Å²) in [6, 6.07) is 10.6. The number of hydrogen-bond donors (Lipinski definition) is 1. The summed E-state index contributed by atoms with van der Waals surface area (Å²) >= 11 is 0. The van der Waals surface area contributed by atoms with Crippen LogP contribution in [0.5, 0.6) is 0 Å². The second kappa shape index (κ2) is 5.78. The van der Waals surface area contributed by atoms with Gasteiger partial charge in [0.05, 0.1) is 5.52 Å². The fraction of sp³-hybridized carbons (Fsp3) is 0.400. The molecule has 0 saturated heterocycles. The highest BCUT2D eigenvalue weighted by atomic mass is 14.8. The molecule has 90 valence electrons. The summed E-state index contributed by atoms with van der Waals surface area (Å²) in [6.07, 6.45) is 3.03. The number of pyridine rings is 1. The highest BCUT2D eigenvalue weighted by Crippen LogP contribution is 2.26. The van der Waals surface area contributed by atoms with Gasteiger partial charge >= 0.3 is 0 Å². The average molecular weight is 228 g/mol. The maximum absolute atomic E-state index is 4.41. The smallest absolute Gasteiger partial charge is 0.0704 e. The Morgan fingerprint density at radius 3 is 2.94 bits per heavy atom. The van der Waals surface area contributed by atoms with E-state index in [4.69, 9.17) is 0 Å². The molecule has 1 aromatic heterocycles. The minimum Gasteiger partial charge on any atom is -0.317 e. The van der Waals surface area contributed by atoms with Crippen molar-refractivity contribution < 1.29 is 0 Å². The normalized spacial score (nSPS) is 12.8. The van der Waals surface area contributed by atoms with Gasteiger partial charge in [-0.3, -0.25) is 4.98 Å². The fourth-order valence-electron chi connectivity index (χ4n) is 2.21. The first-order chi connectivity index (χ1) is 8.33. The fourth-order valence-corrected chi connectivity index (χ4v) is 2.21. The third-order valence-corrected chi connectivity index (χ3v) is 3.21. The lowest BCUT2D eigenvalue weighted by molar-refractivity contribution is 0.611. The maximum atomic E-state index is 4.41.